The number of likely N-dealkylation sites (N-methyl/N-ethyl adjacent to an activating group) is 1. The summed E-state index contributed by atoms with van der Waals surface area (Å²) < 4.78 is 10.3. The summed E-state index contributed by atoms with van der Waals surface area (Å²) in [6.07, 6.45) is 3.43. The lowest BCUT2D eigenvalue weighted by atomic mass is 10.1. The summed E-state index contributed by atoms with van der Waals surface area (Å²) >= 11 is 0. The highest BCUT2D eigenvalue weighted by atomic mass is 16.5. The van der Waals surface area contributed by atoms with E-state index in [0.29, 0.717) is 17.8 Å². The van der Waals surface area contributed by atoms with E-state index in [4.69, 9.17) is 9.47 Å². The zero-order valence-corrected chi connectivity index (χ0v) is 11.3. The number of rotatable bonds is 7. The van der Waals surface area contributed by atoms with E-state index in [-0.39, 0.29) is 0 Å². The van der Waals surface area contributed by atoms with Gasteiger partial charge < -0.3 is 14.8 Å². The van der Waals surface area contributed by atoms with Gasteiger partial charge in [0.1, 0.15) is 5.82 Å². The number of methoxy groups -OCH3 is 2. The summed E-state index contributed by atoms with van der Waals surface area (Å²) in [4.78, 5) is 8.76. The monoisotopic (exact) mass is 251 g/mol. The van der Waals surface area contributed by atoms with Gasteiger partial charge in [0.2, 0.25) is 11.8 Å². The van der Waals surface area contributed by atoms with E-state index in [0.717, 1.165) is 24.7 Å². The predicted molar refractivity (Wildman–Crippen MR) is 69.0 cm³/mol. The van der Waals surface area contributed by atoms with E-state index in [2.05, 4.69) is 22.2 Å². The first-order valence-electron chi connectivity index (χ1n) is 6.46. The summed E-state index contributed by atoms with van der Waals surface area (Å²) in [7, 11) is 3.21. The zero-order valence-electron chi connectivity index (χ0n) is 11.3. The van der Waals surface area contributed by atoms with E-state index in [9.17, 15) is 0 Å². The highest BCUT2D eigenvalue weighted by molar-refractivity contribution is 5.21. The fourth-order valence-electron chi connectivity index (χ4n) is 2.11. The van der Waals surface area contributed by atoms with Crippen LogP contribution in [0.5, 0.6) is 11.8 Å². The zero-order chi connectivity index (χ0) is 13.0. The summed E-state index contributed by atoms with van der Waals surface area (Å²) in [5.74, 6) is 2.67. The Kier molecular flexibility index (Phi) is 4.36. The van der Waals surface area contributed by atoms with E-state index in [1.54, 1.807) is 20.3 Å². The molecule has 100 valence electrons. The van der Waals surface area contributed by atoms with Gasteiger partial charge in [0, 0.05) is 12.5 Å². The SMILES string of the molecule is CCNC(Cc1nc(OC)cc(OC)n1)C1CC1. The lowest BCUT2D eigenvalue weighted by Crippen LogP contribution is -2.33. The Morgan fingerprint density at radius 2 is 1.89 bits per heavy atom. The standard InChI is InChI=1S/C13H21N3O2/c1-4-14-10(9-5-6-9)7-11-15-12(17-2)8-13(16-11)18-3/h8-10,14H,4-7H2,1-3H3. The van der Waals surface area contributed by atoms with Crippen molar-refractivity contribution in [2.45, 2.75) is 32.2 Å². The van der Waals surface area contributed by atoms with Crippen LogP contribution >= 0.6 is 0 Å². The first kappa shape index (κ1) is 13.1. The maximum atomic E-state index is 5.16. The van der Waals surface area contributed by atoms with Crippen LogP contribution in [0.2, 0.25) is 0 Å². The van der Waals surface area contributed by atoms with Crippen molar-refractivity contribution in [3.8, 4) is 11.8 Å². The quantitative estimate of drug-likeness (QED) is 0.794. The second kappa shape index (κ2) is 6.00. The molecule has 18 heavy (non-hydrogen) atoms. The molecule has 0 saturated heterocycles. The minimum atomic E-state index is 0.465. The molecule has 0 aromatic carbocycles. The molecular weight excluding hydrogens is 230 g/mol. The number of nitrogens with zero attached hydrogens (tertiary/aromatic N) is 2. The van der Waals surface area contributed by atoms with Crippen LogP contribution in [0.4, 0.5) is 0 Å². The molecule has 1 fully saturated rings. The van der Waals surface area contributed by atoms with Gasteiger partial charge in [0.05, 0.1) is 20.3 Å². The van der Waals surface area contributed by atoms with E-state index in [1.807, 2.05) is 0 Å². The van der Waals surface area contributed by atoms with Gasteiger partial charge in [-0.1, -0.05) is 6.92 Å². The number of hydrogen-bond donors (Lipinski definition) is 1. The molecule has 1 aromatic heterocycles. The summed E-state index contributed by atoms with van der Waals surface area (Å²) in [6.45, 7) is 3.10. The average molecular weight is 251 g/mol. The molecule has 1 unspecified atom stereocenters. The first-order chi connectivity index (χ1) is 8.76. The van der Waals surface area contributed by atoms with Crippen LogP contribution in [0.15, 0.2) is 6.07 Å². The Hall–Kier alpha value is -1.36. The van der Waals surface area contributed by atoms with Gasteiger partial charge in [-0.15, -0.1) is 0 Å². The highest BCUT2D eigenvalue weighted by Crippen LogP contribution is 2.34. The number of ether oxygens (including phenoxy) is 2. The molecule has 1 saturated carbocycles. The van der Waals surface area contributed by atoms with E-state index < -0.39 is 0 Å². The van der Waals surface area contributed by atoms with Crippen LogP contribution in [0.1, 0.15) is 25.6 Å². The fourth-order valence-corrected chi connectivity index (χ4v) is 2.11. The highest BCUT2D eigenvalue weighted by Gasteiger charge is 2.31. The molecular formula is C13H21N3O2. The maximum Gasteiger partial charge on any atom is 0.220 e. The Morgan fingerprint density at radius 3 is 2.33 bits per heavy atom. The van der Waals surface area contributed by atoms with Gasteiger partial charge in [0.25, 0.3) is 0 Å². The smallest absolute Gasteiger partial charge is 0.220 e. The van der Waals surface area contributed by atoms with Crippen molar-refractivity contribution in [3.63, 3.8) is 0 Å². The summed E-state index contributed by atoms with van der Waals surface area (Å²) in [5.41, 5.74) is 0. The second-order valence-electron chi connectivity index (χ2n) is 4.57. The van der Waals surface area contributed by atoms with Crippen molar-refractivity contribution in [1.82, 2.24) is 15.3 Å². The molecule has 1 N–H and O–H groups in total. The van der Waals surface area contributed by atoms with Gasteiger partial charge in [-0.25, -0.2) is 0 Å². The number of hydrogen-bond acceptors (Lipinski definition) is 5. The third kappa shape index (κ3) is 3.32. The van der Waals surface area contributed by atoms with Gasteiger partial charge in [-0.3, -0.25) is 0 Å². The van der Waals surface area contributed by atoms with Crippen LogP contribution in [-0.4, -0.2) is 36.8 Å². The third-order valence-corrected chi connectivity index (χ3v) is 3.20. The molecule has 0 amide bonds. The van der Waals surface area contributed by atoms with Crippen LogP contribution in [0.3, 0.4) is 0 Å². The van der Waals surface area contributed by atoms with Gasteiger partial charge >= 0.3 is 0 Å². The van der Waals surface area contributed by atoms with Crippen molar-refractivity contribution >= 4 is 0 Å². The summed E-state index contributed by atoms with van der Waals surface area (Å²) in [5, 5.41) is 3.51. The largest absolute Gasteiger partial charge is 0.481 e. The van der Waals surface area contributed by atoms with Crippen molar-refractivity contribution < 1.29 is 9.47 Å². The number of aromatic nitrogens is 2. The van der Waals surface area contributed by atoms with E-state index in [1.165, 1.54) is 12.8 Å². The van der Waals surface area contributed by atoms with Crippen molar-refractivity contribution in [2.24, 2.45) is 5.92 Å². The lowest BCUT2D eigenvalue weighted by molar-refractivity contribution is 0.364. The Morgan fingerprint density at radius 1 is 1.28 bits per heavy atom. The molecule has 0 aliphatic heterocycles. The average Bonchev–Trinajstić information content (AvgIpc) is 3.22. The van der Waals surface area contributed by atoms with Gasteiger partial charge in [-0.05, 0) is 25.3 Å². The van der Waals surface area contributed by atoms with Crippen molar-refractivity contribution in [2.75, 3.05) is 20.8 Å². The first-order valence-corrected chi connectivity index (χ1v) is 6.46. The summed E-state index contributed by atoms with van der Waals surface area (Å²) in [6, 6.07) is 2.16. The molecule has 0 spiro atoms. The van der Waals surface area contributed by atoms with Gasteiger partial charge in [0.15, 0.2) is 0 Å². The van der Waals surface area contributed by atoms with Crippen molar-refractivity contribution in [1.29, 1.82) is 0 Å². The molecule has 2 rings (SSSR count). The normalized spacial score (nSPS) is 16.4. The van der Waals surface area contributed by atoms with Crippen LogP contribution in [-0.2, 0) is 6.42 Å². The topological polar surface area (TPSA) is 56.3 Å². The van der Waals surface area contributed by atoms with Crippen LogP contribution in [0.25, 0.3) is 0 Å². The molecule has 1 aliphatic carbocycles. The Bertz CT molecular complexity index is 372. The van der Waals surface area contributed by atoms with E-state index >= 15 is 0 Å². The maximum absolute atomic E-state index is 5.16. The van der Waals surface area contributed by atoms with Gasteiger partial charge in [-0.2, -0.15) is 9.97 Å². The molecule has 5 heteroatoms. The predicted octanol–water partition coefficient (Wildman–Crippen LogP) is 1.42. The molecule has 1 aliphatic rings. The van der Waals surface area contributed by atoms with Crippen LogP contribution < -0.4 is 14.8 Å². The van der Waals surface area contributed by atoms with Crippen molar-refractivity contribution in [3.05, 3.63) is 11.9 Å². The molecule has 5 nitrogen and oxygen atoms in total. The van der Waals surface area contributed by atoms with Crippen LogP contribution in [0, 0.1) is 5.92 Å². The molecule has 0 radical (unpaired) electrons. The minimum Gasteiger partial charge on any atom is -0.481 e. The molecule has 1 aromatic rings. The Balaban J connectivity index is 2.10. The fraction of sp³-hybridized carbons (Fsp3) is 0.692. The lowest BCUT2D eigenvalue weighted by Gasteiger charge is -2.16. The third-order valence-electron chi connectivity index (χ3n) is 3.20. The molecule has 1 heterocycles. The minimum absolute atomic E-state index is 0.465. The second-order valence-corrected chi connectivity index (χ2v) is 4.57. The molecule has 0 bridgehead atoms. The molecule has 1 atom stereocenters. The number of nitrogens with one attached hydrogen (secondary N) is 1. The Labute approximate surface area is 108 Å².